The number of aliphatic hydroxyl groups excluding tert-OH is 1. The van der Waals surface area contributed by atoms with Gasteiger partial charge >= 0.3 is 0 Å². The Morgan fingerprint density at radius 1 is 1.14 bits per heavy atom. The third-order valence-corrected chi connectivity index (χ3v) is 3.20. The van der Waals surface area contributed by atoms with Crippen LogP contribution in [0.4, 0.5) is 5.69 Å². The predicted octanol–water partition coefficient (Wildman–Crippen LogP) is 3.06. The Balaban J connectivity index is 1.74. The molecule has 0 unspecified atom stereocenters. The lowest BCUT2D eigenvalue weighted by atomic mass is 10.1. The van der Waals surface area contributed by atoms with Gasteiger partial charge in [-0.3, -0.25) is 4.79 Å². The molecule has 2 N–H and O–H groups in total. The van der Waals surface area contributed by atoms with Gasteiger partial charge in [0.2, 0.25) is 0 Å². The summed E-state index contributed by atoms with van der Waals surface area (Å²) in [6.45, 7) is 0.207. The van der Waals surface area contributed by atoms with Crippen molar-refractivity contribution in [2.24, 2.45) is 0 Å². The molecule has 1 aromatic heterocycles. The molecule has 1 heterocycles. The first-order valence-corrected chi connectivity index (χ1v) is 6.89. The number of para-hydroxylation sites is 1. The molecule has 0 aliphatic rings. The van der Waals surface area contributed by atoms with Gasteiger partial charge in [0.15, 0.2) is 0 Å². The summed E-state index contributed by atoms with van der Waals surface area (Å²) in [5.41, 5.74) is 1.84. The van der Waals surface area contributed by atoms with Crippen molar-refractivity contribution in [1.29, 1.82) is 0 Å². The summed E-state index contributed by atoms with van der Waals surface area (Å²) in [5, 5.41) is 12.3. The minimum atomic E-state index is -0.228. The summed E-state index contributed by atoms with van der Waals surface area (Å²) in [4.78, 5) is 12.3. The van der Waals surface area contributed by atoms with Crippen molar-refractivity contribution in [2.45, 2.75) is 0 Å². The van der Waals surface area contributed by atoms with Crippen LogP contribution in [-0.2, 0) is 0 Å². The highest BCUT2D eigenvalue weighted by atomic mass is 16.5. The highest BCUT2D eigenvalue weighted by Crippen LogP contribution is 2.22. The van der Waals surface area contributed by atoms with Gasteiger partial charge in [0.05, 0.1) is 12.2 Å². The molecule has 3 rings (SSSR count). The fraction of sp³-hybridized carbons (Fsp3) is 0.118. The Morgan fingerprint density at radius 3 is 2.68 bits per heavy atom. The molecule has 0 atom stereocenters. The summed E-state index contributed by atoms with van der Waals surface area (Å²) in [5.74, 6) is 0.412. The fourth-order valence-electron chi connectivity index (χ4n) is 2.15. The number of hydrogen-bond acceptors (Lipinski definition) is 4. The van der Waals surface area contributed by atoms with Gasteiger partial charge < -0.3 is 19.6 Å². The van der Waals surface area contributed by atoms with Crippen molar-refractivity contribution in [3.05, 3.63) is 60.4 Å². The quantitative estimate of drug-likeness (QED) is 0.759. The molecular weight excluding hydrogens is 282 g/mol. The Labute approximate surface area is 127 Å². The molecule has 3 aromatic rings. The maximum atomic E-state index is 12.3. The molecule has 0 fully saturated rings. The summed E-state index contributed by atoms with van der Waals surface area (Å²) in [7, 11) is 0. The number of amides is 1. The van der Waals surface area contributed by atoms with Crippen LogP contribution in [0.25, 0.3) is 11.0 Å². The van der Waals surface area contributed by atoms with E-state index >= 15 is 0 Å². The first-order valence-electron chi connectivity index (χ1n) is 6.89. The van der Waals surface area contributed by atoms with Crippen molar-refractivity contribution in [1.82, 2.24) is 0 Å². The van der Waals surface area contributed by atoms with E-state index in [0.29, 0.717) is 22.6 Å². The van der Waals surface area contributed by atoms with Crippen LogP contribution in [0, 0.1) is 0 Å². The van der Waals surface area contributed by atoms with Crippen LogP contribution in [0.3, 0.4) is 0 Å². The van der Waals surface area contributed by atoms with Gasteiger partial charge in [-0.05, 0) is 30.3 Å². The van der Waals surface area contributed by atoms with E-state index in [1.165, 1.54) is 6.26 Å². The van der Waals surface area contributed by atoms with Crippen molar-refractivity contribution >= 4 is 22.6 Å². The third-order valence-electron chi connectivity index (χ3n) is 3.20. The number of benzene rings is 2. The normalized spacial score (nSPS) is 10.6. The summed E-state index contributed by atoms with van der Waals surface area (Å²) in [6.07, 6.45) is 1.46. The second-order valence-electron chi connectivity index (χ2n) is 4.70. The molecule has 0 radical (unpaired) electrons. The zero-order valence-electron chi connectivity index (χ0n) is 11.8. The number of anilines is 1. The number of hydrogen-bond donors (Lipinski definition) is 2. The standard InChI is InChI=1S/C17H15NO4/c19-9-10-21-13-7-5-12(6-8-13)18-17(20)15-11-22-16-4-2-1-3-14(15)16/h1-8,11,19H,9-10H2,(H,18,20). The topological polar surface area (TPSA) is 71.7 Å². The van der Waals surface area contributed by atoms with Crippen LogP contribution in [0.15, 0.2) is 59.2 Å². The van der Waals surface area contributed by atoms with Crippen LogP contribution in [0.1, 0.15) is 10.4 Å². The van der Waals surface area contributed by atoms with Gasteiger partial charge in [0, 0.05) is 11.1 Å². The van der Waals surface area contributed by atoms with Gasteiger partial charge in [-0.1, -0.05) is 18.2 Å². The molecular formula is C17H15NO4. The predicted molar refractivity (Wildman–Crippen MR) is 83.2 cm³/mol. The highest BCUT2D eigenvalue weighted by molar-refractivity contribution is 6.12. The van der Waals surface area contributed by atoms with Gasteiger partial charge in [0.1, 0.15) is 24.2 Å². The molecule has 0 bridgehead atoms. The monoisotopic (exact) mass is 297 g/mol. The van der Waals surface area contributed by atoms with E-state index in [-0.39, 0.29) is 19.1 Å². The Kier molecular flexibility index (Phi) is 4.07. The van der Waals surface area contributed by atoms with E-state index in [1.54, 1.807) is 24.3 Å². The minimum Gasteiger partial charge on any atom is -0.491 e. The largest absolute Gasteiger partial charge is 0.491 e. The van der Waals surface area contributed by atoms with E-state index in [0.717, 1.165) is 5.39 Å². The van der Waals surface area contributed by atoms with Gasteiger partial charge in [-0.2, -0.15) is 0 Å². The van der Waals surface area contributed by atoms with Gasteiger partial charge in [-0.25, -0.2) is 0 Å². The van der Waals surface area contributed by atoms with Crippen molar-refractivity contribution < 1.29 is 19.1 Å². The molecule has 0 aliphatic carbocycles. The van der Waals surface area contributed by atoms with Crippen LogP contribution in [0.2, 0.25) is 0 Å². The fourth-order valence-corrected chi connectivity index (χ4v) is 2.15. The molecule has 2 aromatic carbocycles. The van der Waals surface area contributed by atoms with Gasteiger partial charge in [0.25, 0.3) is 5.91 Å². The Hall–Kier alpha value is -2.79. The maximum absolute atomic E-state index is 12.3. The highest BCUT2D eigenvalue weighted by Gasteiger charge is 2.13. The van der Waals surface area contributed by atoms with E-state index in [9.17, 15) is 4.79 Å². The second-order valence-corrected chi connectivity index (χ2v) is 4.70. The average Bonchev–Trinajstić information content (AvgIpc) is 2.98. The summed E-state index contributed by atoms with van der Waals surface area (Å²) >= 11 is 0. The molecule has 112 valence electrons. The van der Waals surface area contributed by atoms with Crippen molar-refractivity contribution in [2.75, 3.05) is 18.5 Å². The molecule has 5 nitrogen and oxygen atoms in total. The first-order chi connectivity index (χ1) is 10.8. The molecule has 1 amide bonds. The zero-order valence-corrected chi connectivity index (χ0v) is 11.8. The molecule has 0 spiro atoms. The number of ether oxygens (including phenoxy) is 1. The Morgan fingerprint density at radius 2 is 1.91 bits per heavy atom. The first kappa shape index (κ1) is 14.2. The van der Waals surface area contributed by atoms with E-state index in [1.807, 2.05) is 24.3 Å². The average molecular weight is 297 g/mol. The number of furan rings is 1. The van der Waals surface area contributed by atoms with E-state index in [4.69, 9.17) is 14.3 Å². The number of nitrogens with one attached hydrogen (secondary N) is 1. The van der Waals surface area contributed by atoms with E-state index in [2.05, 4.69) is 5.32 Å². The number of carbonyl (C=O) groups excluding carboxylic acids is 1. The summed E-state index contributed by atoms with van der Waals surface area (Å²) < 4.78 is 10.6. The van der Waals surface area contributed by atoms with Crippen LogP contribution >= 0.6 is 0 Å². The number of fused-ring (bicyclic) bond motifs is 1. The summed E-state index contributed by atoms with van der Waals surface area (Å²) in [6, 6.07) is 14.3. The smallest absolute Gasteiger partial charge is 0.259 e. The van der Waals surface area contributed by atoms with E-state index < -0.39 is 0 Å². The lowest BCUT2D eigenvalue weighted by Gasteiger charge is -2.07. The van der Waals surface area contributed by atoms with Crippen molar-refractivity contribution in [3.63, 3.8) is 0 Å². The third kappa shape index (κ3) is 2.94. The maximum Gasteiger partial charge on any atom is 0.259 e. The van der Waals surface area contributed by atoms with Crippen molar-refractivity contribution in [3.8, 4) is 5.75 Å². The molecule has 5 heteroatoms. The van der Waals surface area contributed by atoms with Crippen LogP contribution in [0.5, 0.6) is 5.75 Å². The molecule has 0 saturated carbocycles. The number of aliphatic hydroxyl groups is 1. The van der Waals surface area contributed by atoms with Crippen LogP contribution in [-0.4, -0.2) is 24.2 Å². The molecule has 0 aliphatic heterocycles. The number of rotatable bonds is 5. The van der Waals surface area contributed by atoms with Crippen LogP contribution < -0.4 is 10.1 Å². The Bertz CT molecular complexity index is 777. The zero-order chi connectivity index (χ0) is 15.4. The SMILES string of the molecule is O=C(Nc1ccc(OCCO)cc1)c1coc2ccccc12. The minimum absolute atomic E-state index is 0.0357. The number of carbonyl (C=O) groups is 1. The van der Waals surface area contributed by atoms with Gasteiger partial charge in [-0.15, -0.1) is 0 Å². The lowest BCUT2D eigenvalue weighted by Crippen LogP contribution is -2.11. The second kappa shape index (κ2) is 6.32. The molecule has 22 heavy (non-hydrogen) atoms. The molecule has 0 saturated heterocycles. The lowest BCUT2D eigenvalue weighted by molar-refractivity contribution is 0.102.